The smallest absolute Gasteiger partial charge is 0.169 e. The molecule has 4 heterocycles. The Morgan fingerprint density at radius 3 is 2.41 bits per heavy atom. The second kappa shape index (κ2) is 16.7. The van der Waals surface area contributed by atoms with Gasteiger partial charge in [0.05, 0.1) is 5.69 Å². The molecule has 0 aromatic carbocycles. The minimum Gasteiger partial charge on any atom is -1.00 e. The van der Waals surface area contributed by atoms with E-state index in [1.165, 1.54) is 24.9 Å². The number of aryl methyl sites for hydroxylation is 1. The summed E-state index contributed by atoms with van der Waals surface area (Å²) in [5, 5.41) is 0. The molecule has 186 valence electrons. The molecule has 0 spiro atoms. The third kappa shape index (κ3) is 9.06. The number of anilines is 1. The Labute approximate surface area is 225 Å². The maximum atomic E-state index is 6.24. The highest BCUT2D eigenvalue weighted by molar-refractivity contribution is 8.93. The molecule has 4 rings (SSSR count). The topological polar surface area (TPSA) is 84.9 Å². The van der Waals surface area contributed by atoms with Gasteiger partial charge < -0.3 is 33.3 Å². The largest absolute Gasteiger partial charge is 1.00 e. The summed E-state index contributed by atoms with van der Waals surface area (Å²) in [4.78, 5) is 10.8. The molecule has 2 unspecified atom stereocenters. The highest BCUT2D eigenvalue weighted by Crippen LogP contribution is 2.26. The Kier molecular flexibility index (Phi) is 14.8. The van der Waals surface area contributed by atoms with Crippen molar-refractivity contribution in [2.24, 2.45) is 11.5 Å². The fourth-order valence-corrected chi connectivity index (χ4v) is 4.19. The van der Waals surface area contributed by atoms with E-state index >= 15 is 0 Å². The Morgan fingerprint density at radius 2 is 1.79 bits per heavy atom. The van der Waals surface area contributed by atoms with Gasteiger partial charge in [0, 0.05) is 67.0 Å². The van der Waals surface area contributed by atoms with Crippen LogP contribution in [0.15, 0.2) is 73.4 Å². The minimum absolute atomic E-state index is 0. The molecule has 0 bridgehead atoms. The molecule has 0 amide bonds. The minimum atomic E-state index is 0. The lowest BCUT2D eigenvalue weighted by molar-refractivity contribution is -0.697. The first-order valence-corrected chi connectivity index (χ1v) is 11.8. The molecule has 0 radical (unpaired) electrons. The molecular formula is C26H38Br2N6. The third-order valence-electron chi connectivity index (χ3n) is 5.88. The molecule has 8 heteroatoms. The van der Waals surface area contributed by atoms with Gasteiger partial charge in [0.1, 0.15) is 6.54 Å². The van der Waals surface area contributed by atoms with Crippen LogP contribution in [-0.4, -0.2) is 35.1 Å². The highest BCUT2D eigenvalue weighted by Gasteiger charge is 2.28. The zero-order valence-electron chi connectivity index (χ0n) is 20.0. The number of piperidine rings is 1. The van der Waals surface area contributed by atoms with Crippen molar-refractivity contribution in [3.05, 3.63) is 73.4 Å². The second-order valence-electron chi connectivity index (χ2n) is 8.24. The van der Waals surface area contributed by atoms with Crippen LogP contribution in [0.5, 0.6) is 0 Å². The van der Waals surface area contributed by atoms with Gasteiger partial charge in [-0.15, -0.1) is 17.0 Å². The first-order chi connectivity index (χ1) is 15.7. The molecule has 0 saturated carbocycles. The fourth-order valence-electron chi connectivity index (χ4n) is 4.19. The number of pyridine rings is 3. The average molecular weight is 594 g/mol. The maximum absolute atomic E-state index is 6.24. The van der Waals surface area contributed by atoms with E-state index < -0.39 is 0 Å². The Hall–Kier alpha value is -1.87. The van der Waals surface area contributed by atoms with Crippen molar-refractivity contribution in [1.29, 1.82) is 0 Å². The van der Waals surface area contributed by atoms with Crippen molar-refractivity contribution in [2.75, 3.05) is 18.0 Å². The van der Waals surface area contributed by atoms with Crippen molar-refractivity contribution < 1.29 is 21.5 Å². The van der Waals surface area contributed by atoms with E-state index in [2.05, 4.69) is 63.0 Å². The van der Waals surface area contributed by atoms with Crippen LogP contribution in [-0.2, 0) is 6.54 Å². The van der Waals surface area contributed by atoms with Crippen molar-refractivity contribution in [3.8, 4) is 11.3 Å². The van der Waals surface area contributed by atoms with Crippen LogP contribution in [0.4, 0.5) is 5.69 Å². The molecular weight excluding hydrogens is 556 g/mol. The van der Waals surface area contributed by atoms with Crippen LogP contribution in [0.3, 0.4) is 0 Å². The maximum Gasteiger partial charge on any atom is 0.169 e. The normalized spacial score (nSPS) is 17.0. The van der Waals surface area contributed by atoms with Gasteiger partial charge in [-0.2, -0.15) is 0 Å². The lowest BCUT2D eigenvalue weighted by Gasteiger charge is -2.41. The number of aromatic nitrogens is 3. The van der Waals surface area contributed by atoms with Crippen LogP contribution in [0.25, 0.3) is 11.3 Å². The van der Waals surface area contributed by atoms with Crippen LogP contribution >= 0.6 is 17.0 Å². The van der Waals surface area contributed by atoms with E-state index in [0.717, 1.165) is 43.7 Å². The first-order valence-electron chi connectivity index (χ1n) is 11.8. The van der Waals surface area contributed by atoms with Gasteiger partial charge in [0.15, 0.2) is 12.4 Å². The van der Waals surface area contributed by atoms with Gasteiger partial charge in [0.25, 0.3) is 0 Å². The highest BCUT2D eigenvalue weighted by atomic mass is 79.9. The fraction of sp³-hybridized carbons (Fsp3) is 0.423. The predicted molar refractivity (Wildman–Crippen MR) is 141 cm³/mol. The van der Waals surface area contributed by atoms with Crippen molar-refractivity contribution in [2.45, 2.75) is 57.7 Å². The van der Waals surface area contributed by atoms with Gasteiger partial charge in [-0.25, -0.2) is 4.57 Å². The van der Waals surface area contributed by atoms with Gasteiger partial charge in [-0.3, -0.25) is 9.97 Å². The quantitative estimate of drug-likeness (QED) is 0.402. The van der Waals surface area contributed by atoms with Gasteiger partial charge in [-0.1, -0.05) is 19.4 Å². The molecule has 4 N–H and O–H groups in total. The summed E-state index contributed by atoms with van der Waals surface area (Å²) < 4.78 is 2.14. The summed E-state index contributed by atoms with van der Waals surface area (Å²) >= 11 is 0. The molecule has 3 aromatic rings. The van der Waals surface area contributed by atoms with Crippen molar-refractivity contribution in [3.63, 3.8) is 0 Å². The summed E-state index contributed by atoms with van der Waals surface area (Å²) in [5.41, 5.74) is 15.1. The number of hydrogen-bond donors (Lipinski definition) is 2. The number of rotatable bonds is 7. The number of nitrogens with two attached hydrogens (primary N) is 2. The monoisotopic (exact) mass is 592 g/mol. The molecule has 2 atom stereocenters. The zero-order valence-corrected chi connectivity index (χ0v) is 23.3. The SMILES string of the molecule is Br.CCCC1C(N)CCCN1c1ccncc1.NCCC[n+]1ccc(-c2ccccn2)cc1.[Br-]. The molecule has 34 heavy (non-hydrogen) atoms. The third-order valence-corrected chi connectivity index (χ3v) is 5.88. The van der Waals surface area contributed by atoms with Crippen molar-refractivity contribution in [1.82, 2.24) is 9.97 Å². The van der Waals surface area contributed by atoms with Crippen molar-refractivity contribution >= 4 is 22.7 Å². The van der Waals surface area contributed by atoms with Gasteiger partial charge in [-0.05, 0) is 50.1 Å². The lowest BCUT2D eigenvalue weighted by atomic mass is 9.93. The molecule has 3 aromatic heterocycles. The van der Waals surface area contributed by atoms with Crippen LogP contribution in [0, 0.1) is 0 Å². The molecule has 1 saturated heterocycles. The summed E-state index contributed by atoms with van der Waals surface area (Å²) in [7, 11) is 0. The van der Waals surface area contributed by atoms with Crippen LogP contribution in [0.2, 0.25) is 0 Å². The van der Waals surface area contributed by atoms with E-state index in [0.29, 0.717) is 12.1 Å². The number of nitrogens with zero attached hydrogens (tertiary/aromatic N) is 4. The van der Waals surface area contributed by atoms with E-state index in [9.17, 15) is 0 Å². The first kappa shape index (κ1) is 30.2. The summed E-state index contributed by atoms with van der Waals surface area (Å²) in [6.07, 6.45) is 15.4. The Morgan fingerprint density at radius 1 is 1.06 bits per heavy atom. The molecule has 6 nitrogen and oxygen atoms in total. The second-order valence-corrected chi connectivity index (χ2v) is 8.24. The van der Waals surface area contributed by atoms with Gasteiger partial charge >= 0.3 is 0 Å². The van der Waals surface area contributed by atoms with E-state index in [-0.39, 0.29) is 34.0 Å². The number of halogens is 2. The van der Waals surface area contributed by atoms with Crippen LogP contribution in [0.1, 0.15) is 39.0 Å². The Bertz CT molecular complexity index is 896. The number of hydrogen-bond acceptors (Lipinski definition) is 5. The van der Waals surface area contributed by atoms with E-state index in [4.69, 9.17) is 11.5 Å². The summed E-state index contributed by atoms with van der Waals surface area (Å²) in [6.45, 7) is 5.06. The molecule has 1 aliphatic heterocycles. The molecule has 1 fully saturated rings. The predicted octanol–water partition coefficient (Wildman–Crippen LogP) is 1.14. The van der Waals surface area contributed by atoms with Crippen LogP contribution < -0.4 is 37.9 Å². The van der Waals surface area contributed by atoms with Gasteiger partial charge in [0.2, 0.25) is 0 Å². The molecule has 1 aliphatic rings. The summed E-state index contributed by atoms with van der Waals surface area (Å²) in [6, 6.07) is 15.1. The standard InChI is InChI=1S/C13H21N3.C13H16N3.2BrH/c1-2-4-13-12(14)5-3-10-16(13)11-6-8-15-9-7-11;14-7-3-9-16-10-5-12(6-11-16)13-4-1-2-8-15-13;;/h6-9,12-13H,2-5,10,14H2,1H3;1-2,4-6,8,10-11H,3,7,9,14H2;2*1H/q;+1;;/p-1. The zero-order chi connectivity index (χ0) is 22.6. The van der Waals surface area contributed by atoms with E-state index in [1.807, 2.05) is 36.8 Å². The lowest BCUT2D eigenvalue weighted by Crippen LogP contribution is -3.00. The van der Waals surface area contributed by atoms with E-state index in [1.54, 1.807) is 0 Å². The average Bonchev–Trinajstić information content (AvgIpc) is 2.86. The Balaban J connectivity index is 0.000000321. The molecule has 0 aliphatic carbocycles. The summed E-state index contributed by atoms with van der Waals surface area (Å²) in [5.74, 6) is 0.